The van der Waals surface area contributed by atoms with Crippen LogP contribution in [0.25, 0.3) is 10.9 Å². The molecule has 96 valence electrons. The molecule has 0 amide bonds. The highest BCUT2D eigenvalue weighted by Crippen LogP contribution is 2.23. The summed E-state index contributed by atoms with van der Waals surface area (Å²) in [5.74, 6) is 0.706. The van der Waals surface area contributed by atoms with E-state index >= 15 is 0 Å². The van der Waals surface area contributed by atoms with Crippen LogP contribution in [-0.4, -0.2) is 10.1 Å². The summed E-state index contributed by atoms with van der Waals surface area (Å²) in [4.78, 5) is 4.29. The third-order valence-electron chi connectivity index (χ3n) is 3.27. The zero-order valence-electron chi connectivity index (χ0n) is 11.1. The molecule has 0 fully saturated rings. The van der Waals surface area contributed by atoms with Crippen molar-refractivity contribution in [1.29, 1.82) is 0 Å². The van der Waals surface area contributed by atoms with E-state index in [1.54, 1.807) is 6.20 Å². The van der Waals surface area contributed by atoms with Crippen LogP contribution in [0.15, 0.2) is 36.5 Å². The monoisotopic (exact) mass is 243 g/mol. The average molecular weight is 243 g/mol. The topological polar surface area (TPSA) is 33.1 Å². The van der Waals surface area contributed by atoms with Crippen molar-refractivity contribution in [2.24, 2.45) is 5.92 Å². The minimum atomic E-state index is -0.353. The van der Waals surface area contributed by atoms with Crippen molar-refractivity contribution < 1.29 is 5.11 Å². The Morgan fingerprint density at radius 1 is 1.17 bits per heavy atom. The molecule has 1 N–H and O–H groups in total. The zero-order chi connectivity index (χ0) is 13.0. The maximum Gasteiger partial charge on any atom is 0.0790 e. The lowest BCUT2D eigenvalue weighted by molar-refractivity contribution is 0.162. The number of aromatic nitrogens is 1. The van der Waals surface area contributed by atoms with Gasteiger partial charge in [0, 0.05) is 11.6 Å². The molecule has 0 bridgehead atoms. The van der Waals surface area contributed by atoms with E-state index in [0.29, 0.717) is 5.92 Å². The van der Waals surface area contributed by atoms with Crippen LogP contribution in [-0.2, 0) is 0 Å². The van der Waals surface area contributed by atoms with Crippen LogP contribution in [0.1, 0.15) is 44.8 Å². The minimum Gasteiger partial charge on any atom is -0.388 e. The highest BCUT2D eigenvalue weighted by atomic mass is 16.3. The first-order chi connectivity index (χ1) is 8.66. The largest absolute Gasteiger partial charge is 0.388 e. The first-order valence-electron chi connectivity index (χ1n) is 6.69. The summed E-state index contributed by atoms with van der Waals surface area (Å²) < 4.78 is 0. The van der Waals surface area contributed by atoms with Crippen LogP contribution < -0.4 is 0 Å². The summed E-state index contributed by atoms with van der Waals surface area (Å²) in [6.07, 6.45) is 4.52. The molecular formula is C16H21NO. The van der Waals surface area contributed by atoms with Gasteiger partial charge in [-0.25, -0.2) is 0 Å². The Kier molecular flexibility index (Phi) is 4.32. The van der Waals surface area contributed by atoms with Crippen LogP contribution in [0.2, 0.25) is 0 Å². The fourth-order valence-electron chi connectivity index (χ4n) is 2.19. The van der Waals surface area contributed by atoms with E-state index in [-0.39, 0.29) is 6.10 Å². The predicted molar refractivity (Wildman–Crippen MR) is 75.4 cm³/mol. The molecule has 0 saturated carbocycles. The van der Waals surface area contributed by atoms with E-state index < -0.39 is 0 Å². The van der Waals surface area contributed by atoms with Crippen molar-refractivity contribution in [3.63, 3.8) is 0 Å². The third-order valence-corrected chi connectivity index (χ3v) is 3.27. The number of nitrogens with zero attached hydrogens (tertiary/aromatic N) is 1. The van der Waals surface area contributed by atoms with Gasteiger partial charge in [0.15, 0.2) is 0 Å². The molecule has 2 nitrogen and oxygen atoms in total. The second-order valence-electron chi connectivity index (χ2n) is 5.30. The molecule has 0 spiro atoms. The number of pyridine rings is 1. The van der Waals surface area contributed by atoms with Crippen molar-refractivity contribution in [2.45, 2.75) is 39.2 Å². The van der Waals surface area contributed by atoms with Crippen molar-refractivity contribution in [1.82, 2.24) is 4.98 Å². The van der Waals surface area contributed by atoms with E-state index in [2.05, 4.69) is 18.8 Å². The fraction of sp³-hybridized carbons (Fsp3) is 0.438. The van der Waals surface area contributed by atoms with Crippen LogP contribution in [0.3, 0.4) is 0 Å². The number of fused-ring (bicyclic) bond motifs is 1. The fourth-order valence-corrected chi connectivity index (χ4v) is 2.19. The van der Waals surface area contributed by atoms with Crippen molar-refractivity contribution >= 4 is 10.9 Å². The Hall–Kier alpha value is -1.41. The number of aliphatic hydroxyl groups excluding tert-OH is 1. The molecule has 0 aliphatic heterocycles. The molecule has 0 aliphatic carbocycles. The van der Waals surface area contributed by atoms with Gasteiger partial charge in [-0.15, -0.1) is 0 Å². The number of hydrogen-bond acceptors (Lipinski definition) is 2. The quantitative estimate of drug-likeness (QED) is 0.857. The number of rotatable bonds is 5. The van der Waals surface area contributed by atoms with Gasteiger partial charge in [-0.3, -0.25) is 4.98 Å². The second-order valence-corrected chi connectivity index (χ2v) is 5.30. The molecule has 1 atom stereocenters. The van der Waals surface area contributed by atoms with Crippen molar-refractivity contribution in [2.75, 3.05) is 0 Å². The summed E-state index contributed by atoms with van der Waals surface area (Å²) in [7, 11) is 0. The first kappa shape index (κ1) is 13.0. The SMILES string of the molecule is CC(C)CCCC(O)c1ccc2ncccc2c1. The van der Waals surface area contributed by atoms with E-state index in [4.69, 9.17) is 0 Å². The summed E-state index contributed by atoms with van der Waals surface area (Å²) in [6, 6.07) is 9.97. The third kappa shape index (κ3) is 3.30. The molecule has 2 aromatic rings. The molecule has 0 radical (unpaired) electrons. The van der Waals surface area contributed by atoms with Crippen LogP contribution in [0, 0.1) is 5.92 Å². The van der Waals surface area contributed by atoms with Gasteiger partial charge in [0.05, 0.1) is 11.6 Å². The molecule has 1 unspecified atom stereocenters. The van der Waals surface area contributed by atoms with Crippen LogP contribution >= 0.6 is 0 Å². The molecule has 2 heteroatoms. The highest BCUT2D eigenvalue weighted by Gasteiger charge is 2.08. The first-order valence-corrected chi connectivity index (χ1v) is 6.69. The number of aliphatic hydroxyl groups is 1. The van der Waals surface area contributed by atoms with Gasteiger partial charge in [0.2, 0.25) is 0 Å². The summed E-state index contributed by atoms with van der Waals surface area (Å²) in [6.45, 7) is 4.43. The summed E-state index contributed by atoms with van der Waals surface area (Å²) >= 11 is 0. The maximum atomic E-state index is 10.2. The van der Waals surface area contributed by atoms with E-state index in [1.165, 1.54) is 6.42 Å². The molecule has 1 heterocycles. The Morgan fingerprint density at radius 3 is 2.78 bits per heavy atom. The molecule has 18 heavy (non-hydrogen) atoms. The highest BCUT2D eigenvalue weighted by molar-refractivity contribution is 5.78. The molecular weight excluding hydrogens is 222 g/mol. The van der Waals surface area contributed by atoms with Gasteiger partial charge in [0.25, 0.3) is 0 Å². The lowest BCUT2D eigenvalue weighted by atomic mass is 9.99. The molecule has 0 saturated heterocycles. The molecule has 1 aromatic carbocycles. The number of hydrogen-bond donors (Lipinski definition) is 1. The normalized spacial score (nSPS) is 13.1. The van der Waals surface area contributed by atoms with Crippen LogP contribution in [0.4, 0.5) is 0 Å². The smallest absolute Gasteiger partial charge is 0.0790 e. The lowest BCUT2D eigenvalue weighted by Gasteiger charge is -2.12. The Morgan fingerprint density at radius 2 is 2.00 bits per heavy atom. The predicted octanol–water partition coefficient (Wildman–Crippen LogP) is 4.09. The van der Waals surface area contributed by atoms with Gasteiger partial charge >= 0.3 is 0 Å². The maximum absolute atomic E-state index is 10.2. The Bertz CT molecular complexity index is 507. The van der Waals surface area contributed by atoms with E-state index in [1.807, 2.05) is 30.3 Å². The Balaban J connectivity index is 2.06. The zero-order valence-corrected chi connectivity index (χ0v) is 11.1. The Labute approximate surface area is 109 Å². The van der Waals surface area contributed by atoms with E-state index in [0.717, 1.165) is 29.3 Å². The van der Waals surface area contributed by atoms with Gasteiger partial charge in [-0.05, 0) is 36.1 Å². The number of benzene rings is 1. The van der Waals surface area contributed by atoms with Gasteiger partial charge in [0.1, 0.15) is 0 Å². The van der Waals surface area contributed by atoms with Crippen molar-refractivity contribution in [3.05, 3.63) is 42.1 Å². The molecule has 1 aromatic heterocycles. The molecule has 0 aliphatic rings. The van der Waals surface area contributed by atoms with Gasteiger partial charge < -0.3 is 5.11 Å². The van der Waals surface area contributed by atoms with Gasteiger partial charge in [-0.1, -0.05) is 38.8 Å². The standard InChI is InChI=1S/C16H21NO/c1-12(2)5-3-7-16(18)14-8-9-15-13(11-14)6-4-10-17-15/h4,6,8-12,16,18H,3,5,7H2,1-2H3. The van der Waals surface area contributed by atoms with Gasteiger partial charge in [-0.2, -0.15) is 0 Å². The molecule has 2 rings (SSSR count). The van der Waals surface area contributed by atoms with E-state index in [9.17, 15) is 5.11 Å². The minimum absolute atomic E-state index is 0.353. The summed E-state index contributed by atoms with van der Waals surface area (Å²) in [5.41, 5.74) is 1.98. The average Bonchev–Trinajstić information content (AvgIpc) is 2.37. The second kappa shape index (κ2) is 5.96. The van der Waals surface area contributed by atoms with Crippen LogP contribution in [0.5, 0.6) is 0 Å². The summed E-state index contributed by atoms with van der Waals surface area (Å²) in [5, 5.41) is 11.3. The van der Waals surface area contributed by atoms with Crippen molar-refractivity contribution in [3.8, 4) is 0 Å². The lowest BCUT2D eigenvalue weighted by Crippen LogP contribution is -1.99.